The van der Waals surface area contributed by atoms with Gasteiger partial charge in [-0.2, -0.15) is 0 Å². The van der Waals surface area contributed by atoms with Gasteiger partial charge in [0.1, 0.15) is 0 Å². The minimum atomic E-state index is -1.43. The van der Waals surface area contributed by atoms with Crippen molar-refractivity contribution in [2.45, 2.75) is 26.6 Å². The summed E-state index contributed by atoms with van der Waals surface area (Å²) in [5.74, 6) is -1.94. The molecule has 0 bridgehead atoms. The summed E-state index contributed by atoms with van der Waals surface area (Å²) in [4.78, 5) is 11.5. The van der Waals surface area contributed by atoms with Crippen molar-refractivity contribution in [3.8, 4) is 0 Å². The molecule has 0 amide bonds. The Bertz CT molecular complexity index is 337. The van der Waals surface area contributed by atoms with E-state index < -0.39 is 11.8 Å². The number of carbonyl (C=O) groups excluding carboxylic acids is 1. The van der Waals surface area contributed by atoms with Gasteiger partial charge in [0, 0.05) is 13.8 Å². The molecule has 0 fully saturated rings. The van der Waals surface area contributed by atoms with Gasteiger partial charge in [0.05, 0.1) is 5.56 Å². The molecule has 0 aliphatic carbocycles. The highest BCUT2D eigenvalue weighted by atomic mass is 16.7. The lowest BCUT2D eigenvalue weighted by Crippen LogP contribution is -2.27. The standard InChI is InChI=1S/C11H14O3/c1-8-6-4-5-7-9(8)10(12)14-11(2,3)13/h4-7,13H,1-3H3. The van der Waals surface area contributed by atoms with Gasteiger partial charge in [0.2, 0.25) is 5.79 Å². The first-order valence-electron chi connectivity index (χ1n) is 4.41. The molecule has 0 spiro atoms. The molecule has 3 nitrogen and oxygen atoms in total. The Morgan fingerprint density at radius 3 is 2.43 bits per heavy atom. The summed E-state index contributed by atoms with van der Waals surface area (Å²) < 4.78 is 4.82. The van der Waals surface area contributed by atoms with Crippen LogP contribution in [0, 0.1) is 6.92 Å². The van der Waals surface area contributed by atoms with Crippen molar-refractivity contribution >= 4 is 5.97 Å². The van der Waals surface area contributed by atoms with Gasteiger partial charge in [-0.15, -0.1) is 0 Å². The molecule has 0 aliphatic rings. The Balaban J connectivity index is 2.86. The van der Waals surface area contributed by atoms with E-state index >= 15 is 0 Å². The maximum atomic E-state index is 11.5. The van der Waals surface area contributed by atoms with Crippen LogP contribution >= 0.6 is 0 Å². The molecular weight excluding hydrogens is 180 g/mol. The van der Waals surface area contributed by atoms with E-state index in [1.54, 1.807) is 12.1 Å². The minimum Gasteiger partial charge on any atom is -0.430 e. The molecule has 0 saturated carbocycles. The summed E-state index contributed by atoms with van der Waals surface area (Å²) in [6.07, 6.45) is 0. The van der Waals surface area contributed by atoms with Crippen LogP contribution in [0.15, 0.2) is 24.3 Å². The number of benzene rings is 1. The smallest absolute Gasteiger partial charge is 0.340 e. The van der Waals surface area contributed by atoms with Gasteiger partial charge < -0.3 is 9.84 Å². The number of hydrogen-bond acceptors (Lipinski definition) is 3. The molecule has 0 unspecified atom stereocenters. The Kier molecular flexibility index (Phi) is 2.91. The minimum absolute atomic E-state index is 0.481. The van der Waals surface area contributed by atoms with Crippen LogP contribution in [0.2, 0.25) is 0 Å². The molecule has 1 N–H and O–H groups in total. The normalized spacial score (nSPS) is 11.1. The highest BCUT2D eigenvalue weighted by Crippen LogP contribution is 2.12. The van der Waals surface area contributed by atoms with Crippen LogP contribution in [-0.2, 0) is 4.74 Å². The van der Waals surface area contributed by atoms with Gasteiger partial charge in [0.15, 0.2) is 0 Å². The summed E-state index contributed by atoms with van der Waals surface area (Å²) in [5, 5.41) is 9.30. The zero-order chi connectivity index (χ0) is 10.8. The van der Waals surface area contributed by atoms with Gasteiger partial charge in [-0.3, -0.25) is 0 Å². The average Bonchev–Trinajstić information content (AvgIpc) is 2.01. The quantitative estimate of drug-likeness (QED) is 0.577. The Labute approximate surface area is 83.3 Å². The maximum absolute atomic E-state index is 11.5. The molecule has 1 aromatic rings. The topological polar surface area (TPSA) is 46.5 Å². The lowest BCUT2D eigenvalue weighted by Gasteiger charge is -2.18. The average molecular weight is 194 g/mol. The monoisotopic (exact) mass is 194 g/mol. The molecule has 0 atom stereocenters. The largest absolute Gasteiger partial charge is 0.430 e. The van der Waals surface area contributed by atoms with Crippen molar-refractivity contribution in [2.75, 3.05) is 0 Å². The third kappa shape index (κ3) is 2.85. The van der Waals surface area contributed by atoms with Crippen LogP contribution in [0.1, 0.15) is 29.8 Å². The van der Waals surface area contributed by atoms with Crippen molar-refractivity contribution in [2.24, 2.45) is 0 Å². The molecular formula is C11H14O3. The fraction of sp³-hybridized carbons (Fsp3) is 0.364. The third-order valence-electron chi connectivity index (χ3n) is 1.71. The number of ether oxygens (including phenoxy) is 1. The fourth-order valence-corrected chi connectivity index (χ4v) is 1.08. The van der Waals surface area contributed by atoms with Crippen molar-refractivity contribution in [3.05, 3.63) is 35.4 Å². The summed E-state index contributed by atoms with van der Waals surface area (Å²) in [7, 11) is 0. The summed E-state index contributed by atoms with van der Waals surface area (Å²) in [6.45, 7) is 4.66. The van der Waals surface area contributed by atoms with Crippen LogP contribution in [0.5, 0.6) is 0 Å². The fourth-order valence-electron chi connectivity index (χ4n) is 1.08. The first-order valence-corrected chi connectivity index (χ1v) is 4.41. The predicted molar refractivity (Wildman–Crippen MR) is 52.9 cm³/mol. The second kappa shape index (κ2) is 3.80. The zero-order valence-corrected chi connectivity index (χ0v) is 8.57. The molecule has 1 rings (SSSR count). The molecule has 76 valence electrons. The van der Waals surface area contributed by atoms with Crippen LogP contribution in [0.3, 0.4) is 0 Å². The van der Waals surface area contributed by atoms with E-state index in [1.165, 1.54) is 13.8 Å². The van der Waals surface area contributed by atoms with E-state index in [1.807, 2.05) is 19.1 Å². The van der Waals surface area contributed by atoms with Crippen molar-refractivity contribution in [1.82, 2.24) is 0 Å². The van der Waals surface area contributed by atoms with Crippen LogP contribution in [0.4, 0.5) is 0 Å². The zero-order valence-electron chi connectivity index (χ0n) is 8.57. The van der Waals surface area contributed by atoms with Gasteiger partial charge in [-0.1, -0.05) is 18.2 Å². The highest BCUT2D eigenvalue weighted by molar-refractivity contribution is 5.91. The summed E-state index contributed by atoms with van der Waals surface area (Å²) >= 11 is 0. The molecule has 0 heterocycles. The SMILES string of the molecule is Cc1ccccc1C(=O)OC(C)(C)O. The number of hydrogen-bond donors (Lipinski definition) is 1. The van der Waals surface area contributed by atoms with E-state index in [0.29, 0.717) is 5.56 Å². The second-order valence-electron chi connectivity index (χ2n) is 3.65. The molecule has 0 radical (unpaired) electrons. The lowest BCUT2D eigenvalue weighted by atomic mass is 10.1. The van der Waals surface area contributed by atoms with Crippen molar-refractivity contribution < 1.29 is 14.6 Å². The number of esters is 1. The first-order chi connectivity index (χ1) is 6.40. The molecule has 0 aliphatic heterocycles. The second-order valence-corrected chi connectivity index (χ2v) is 3.65. The number of aryl methyl sites for hydroxylation is 1. The number of rotatable bonds is 2. The van der Waals surface area contributed by atoms with Crippen LogP contribution in [0.25, 0.3) is 0 Å². The Morgan fingerprint density at radius 1 is 1.36 bits per heavy atom. The molecule has 0 saturated heterocycles. The summed E-state index contributed by atoms with van der Waals surface area (Å²) in [6, 6.07) is 7.09. The number of aliphatic hydroxyl groups is 1. The van der Waals surface area contributed by atoms with Crippen molar-refractivity contribution in [1.29, 1.82) is 0 Å². The Morgan fingerprint density at radius 2 is 1.93 bits per heavy atom. The molecule has 1 aromatic carbocycles. The van der Waals surface area contributed by atoms with Crippen molar-refractivity contribution in [3.63, 3.8) is 0 Å². The lowest BCUT2D eigenvalue weighted by molar-refractivity contribution is -0.136. The van der Waals surface area contributed by atoms with Gasteiger partial charge >= 0.3 is 5.97 Å². The van der Waals surface area contributed by atoms with Gasteiger partial charge in [-0.05, 0) is 18.6 Å². The third-order valence-corrected chi connectivity index (χ3v) is 1.71. The molecule has 0 aromatic heterocycles. The predicted octanol–water partition coefficient (Wildman–Crippen LogP) is 1.88. The first kappa shape index (κ1) is 10.7. The van der Waals surface area contributed by atoms with Gasteiger partial charge in [-0.25, -0.2) is 4.79 Å². The maximum Gasteiger partial charge on any atom is 0.340 e. The van der Waals surface area contributed by atoms with E-state index in [4.69, 9.17) is 4.74 Å². The molecule has 14 heavy (non-hydrogen) atoms. The highest BCUT2D eigenvalue weighted by Gasteiger charge is 2.20. The van der Waals surface area contributed by atoms with Crippen LogP contribution in [-0.4, -0.2) is 16.9 Å². The van der Waals surface area contributed by atoms with E-state index in [2.05, 4.69) is 0 Å². The van der Waals surface area contributed by atoms with E-state index in [0.717, 1.165) is 5.56 Å². The van der Waals surface area contributed by atoms with Crippen LogP contribution < -0.4 is 0 Å². The Hall–Kier alpha value is -1.35. The summed E-state index contributed by atoms with van der Waals surface area (Å²) in [5.41, 5.74) is 1.32. The van der Waals surface area contributed by atoms with Gasteiger partial charge in [0.25, 0.3) is 0 Å². The number of carbonyl (C=O) groups is 1. The van der Waals surface area contributed by atoms with E-state index in [9.17, 15) is 9.90 Å². The van der Waals surface area contributed by atoms with E-state index in [-0.39, 0.29) is 0 Å². The molecule has 3 heteroatoms.